The molecular weight excluding hydrogens is 442 g/mol. The quantitative estimate of drug-likeness (QED) is 0.542. The van der Waals surface area contributed by atoms with Gasteiger partial charge >= 0.3 is 0 Å². The number of carbonyl (C=O) groups is 1. The van der Waals surface area contributed by atoms with E-state index in [1.165, 1.54) is 4.57 Å². The average molecular weight is 472 g/mol. The first-order chi connectivity index (χ1) is 16.1. The number of morpholine rings is 1. The Labute approximate surface area is 196 Å². The fraction of sp³-hybridized carbons (Fsp3) is 0.435. The second-order valence-electron chi connectivity index (χ2n) is 7.29. The lowest BCUT2D eigenvalue weighted by Crippen LogP contribution is -2.38. The number of hydrogen-bond acceptors (Lipinski definition) is 8. The first-order valence-corrected chi connectivity index (χ1v) is 11.8. The van der Waals surface area contributed by atoms with Crippen molar-refractivity contribution in [3.05, 3.63) is 43.8 Å². The van der Waals surface area contributed by atoms with Crippen molar-refractivity contribution in [2.75, 3.05) is 51.3 Å². The fourth-order valence-corrected chi connectivity index (χ4v) is 4.47. The van der Waals surface area contributed by atoms with Crippen molar-refractivity contribution in [1.29, 1.82) is 5.26 Å². The topological polar surface area (TPSA) is 109 Å². The monoisotopic (exact) mass is 471 g/mol. The van der Waals surface area contributed by atoms with E-state index >= 15 is 0 Å². The molecule has 0 unspecified atom stereocenters. The second-order valence-corrected chi connectivity index (χ2v) is 8.32. The highest BCUT2D eigenvalue weighted by atomic mass is 32.1. The third-order valence-corrected chi connectivity index (χ3v) is 6.23. The Balaban J connectivity index is 1.76. The number of carbonyl (C=O) groups excluding carboxylic acids is 1. The lowest BCUT2D eigenvalue weighted by Gasteiger charge is -2.26. The molecule has 0 atom stereocenters. The van der Waals surface area contributed by atoms with Gasteiger partial charge in [0.1, 0.15) is 27.6 Å². The van der Waals surface area contributed by atoms with Crippen LogP contribution in [0.5, 0.6) is 5.75 Å². The van der Waals surface area contributed by atoms with Crippen LogP contribution in [-0.4, -0.2) is 61.4 Å². The van der Waals surface area contributed by atoms with Gasteiger partial charge in [-0.15, -0.1) is 11.3 Å². The van der Waals surface area contributed by atoms with Crippen LogP contribution in [-0.2, 0) is 16.1 Å². The number of rotatable bonds is 9. The van der Waals surface area contributed by atoms with E-state index in [-0.39, 0.29) is 11.1 Å². The van der Waals surface area contributed by atoms with E-state index in [0.29, 0.717) is 28.9 Å². The van der Waals surface area contributed by atoms with E-state index in [0.717, 1.165) is 55.6 Å². The number of benzene rings is 1. The van der Waals surface area contributed by atoms with Gasteiger partial charge in [-0.25, -0.2) is 0 Å². The predicted molar refractivity (Wildman–Crippen MR) is 128 cm³/mol. The van der Waals surface area contributed by atoms with Crippen LogP contribution in [0.15, 0.2) is 29.1 Å². The van der Waals surface area contributed by atoms with Crippen LogP contribution >= 0.6 is 11.3 Å². The summed E-state index contributed by atoms with van der Waals surface area (Å²) >= 11 is 1.12. The smallest absolute Gasteiger partial charge is 0.270 e. The normalized spacial score (nSPS) is 15.6. The summed E-state index contributed by atoms with van der Waals surface area (Å²) in [6, 6.07) is 9.44. The maximum absolute atomic E-state index is 12.8. The molecule has 0 radical (unpaired) electrons. The molecule has 2 aromatic rings. The van der Waals surface area contributed by atoms with Crippen molar-refractivity contribution in [1.82, 2.24) is 14.8 Å². The summed E-state index contributed by atoms with van der Waals surface area (Å²) < 4.78 is 13.4. The van der Waals surface area contributed by atoms with Crippen LogP contribution in [0.3, 0.4) is 0 Å². The molecular formula is C23H29N5O4S. The fourth-order valence-electron chi connectivity index (χ4n) is 3.38. The molecule has 1 saturated heterocycles. The number of aromatic nitrogens is 1. The standard InChI is InChI=1S/C23H29N5O4S/c1-3-25-21(29)19(15-24)23-28(4-2)22(30)20(33-23)16-26-17-6-5-7-18(14-17)32-13-10-27-8-11-31-12-9-27/h5-7,14,16,26H,3-4,8-13H2,1-2H3,(H,25,29)/b20-16+,23-19-. The molecule has 0 saturated carbocycles. The molecule has 1 aliphatic rings. The molecule has 0 aliphatic carbocycles. The Morgan fingerprint density at radius 2 is 2.12 bits per heavy atom. The zero-order chi connectivity index (χ0) is 23.6. The summed E-state index contributed by atoms with van der Waals surface area (Å²) in [6.07, 6.45) is 1.60. The molecule has 3 rings (SSSR count). The minimum atomic E-state index is -0.482. The van der Waals surface area contributed by atoms with Crippen LogP contribution in [0.4, 0.5) is 5.69 Å². The zero-order valence-corrected chi connectivity index (χ0v) is 19.7. The maximum Gasteiger partial charge on any atom is 0.270 e. The Hall–Kier alpha value is -3.13. The molecule has 2 N–H and O–H groups in total. The minimum absolute atomic E-state index is 0.0592. The van der Waals surface area contributed by atoms with Crippen LogP contribution in [0, 0.1) is 11.3 Å². The summed E-state index contributed by atoms with van der Waals surface area (Å²) in [5.41, 5.74) is 0.459. The van der Waals surface area contributed by atoms with Gasteiger partial charge in [0, 0.05) is 50.7 Å². The van der Waals surface area contributed by atoms with E-state index in [4.69, 9.17) is 9.47 Å². The number of nitrogens with zero attached hydrogens (tertiary/aromatic N) is 3. The Morgan fingerprint density at radius 3 is 2.82 bits per heavy atom. The van der Waals surface area contributed by atoms with Gasteiger partial charge in [-0.05, 0) is 26.0 Å². The molecule has 0 spiro atoms. The SMILES string of the molecule is CCNC(=O)/C(C#N)=c1\s/c(=C/Nc2cccc(OCCN3CCOCC3)c2)c(=O)n1CC. The zero-order valence-electron chi connectivity index (χ0n) is 18.9. The Bertz CT molecular complexity index is 1170. The highest BCUT2D eigenvalue weighted by molar-refractivity contribution is 7.07. The van der Waals surface area contributed by atoms with E-state index in [2.05, 4.69) is 15.5 Å². The Morgan fingerprint density at radius 1 is 1.33 bits per heavy atom. The number of ether oxygens (including phenoxy) is 2. The van der Waals surface area contributed by atoms with Gasteiger partial charge in [-0.1, -0.05) is 6.07 Å². The minimum Gasteiger partial charge on any atom is -0.492 e. The van der Waals surface area contributed by atoms with E-state index in [1.807, 2.05) is 30.3 Å². The number of hydrogen-bond donors (Lipinski definition) is 2. The third kappa shape index (κ3) is 6.44. The first-order valence-electron chi connectivity index (χ1n) is 11.0. The molecule has 1 aromatic carbocycles. The number of nitrogens with one attached hydrogen (secondary N) is 2. The van der Waals surface area contributed by atoms with Crippen molar-refractivity contribution in [3.63, 3.8) is 0 Å². The third-order valence-electron chi connectivity index (χ3n) is 5.10. The lowest BCUT2D eigenvalue weighted by atomic mass is 10.3. The van der Waals surface area contributed by atoms with Gasteiger partial charge < -0.3 is 20.1 Å². The number of amides is 1. The molecule has 1 fully saturated rings. The molecule has 9 nitrogen and oxygen atoms in total. The van der Waals surface area contributed by atoms with Gasteiger partial charge in [0.2, 0.25) is 0 Å². The molecule has 10 heteroatoms. The average Bonchev–Trinajstić information content (AvgIpc) is 3.14. The van der Waals surface area contributed by atoms with E-state index in [9.17, 15) is 14.9 Å². The van der Waals surface area contributed by atoms with E-state index < -0.39 is 5.91 Å². The lowest BCUT2D eigenvalue weighted by molar-refractivity contribution is -0.115. The van der Waals surface area contributed by atoms with E-state index in [1.54, 1.807) is 20.0 Å². The summed E-state index contributed by atoms with van der Waals surface area (Å²) in [6.45, 7) is 9.11. The number of anilines is 1. The van der Waals surface area contributed by atoms with Crippen molar-refractivity contribution in [3.8, 4) is 11.8 Å². The van der Waals surface area contributed by atoms with Crippen LogP contribution in [0.2, 0.25) is 0 Å². The molecule has 2 heterocycles. The predicted octanol–water partition coefficient (Wildman–Crippen LogP) is 0.301. The molecule has 176 valence electrons. The van der Waals surface area contributed by atoms with Crippen LogP contribution < -0.4 is 30.1 Å². The van der Waals surface area contributed by atoms with Crippen LogP contribution in [0.1, 0.15) is 13.8 Å². The van der Waals surface area contributed by atoms with Gasteiger partial charge in [0.15, 0.2) is 5.57 Å². The van der Waals surface area contributed by atoms with Crippen molar-refractivity contribution in [2.45, 2.75) is 20.4 Å². The molecule has 1 amide bonds. The molecule has 1 aromatic heterocycles. The molecule has 1 aliphatic heterocycles. The summed E-state index contributed by atoms with van der Waals surface area (Å²) in [7, 11) is 0. The second kappa shape index (κ2) is 12.2. The Kier molecular flexibility index (Phi) is 9.06. The summed E-state index contributed by atoms with van der Waals surface area (Å²) in [5, 5.41) is 15.2. The van der Waals surface area contributed by atoms with Crippen molar-refractivity contribution >= 4 is 34.7 Å². The van der Waals surface area contributed by atoms with Gasteiger partial charge in [0.25, 0.3) is 11.5 Å². The van der Waals surface area contributed by atoms with Gasteiger partial charge in [-0.2, -0.15) is 5.26 Å². The van der Waals surface area contributed by atoms with Crippen molar-refractivity contribution < 1.29 is 14.3 Å². The van der Waals surface area contributed by atoms with Gasteiger partial charge in [-0.3, -0.25) is 19.1 Å². The highest BCUT2D eigenvalue weighted by Gasteiger charge is 2.14. The highest BCUT2D eigenvalue weighted by Crippen LogP contribution is 2.17. The van der Waals surface area contributed by atoms with Crippen LogP contribution in [0.25, 0.3) is 11.8 Å². The first kappa shape index (κ1) is 24.5. The maximum atomic E-state index is 12.8. The number of nitriles is 1. The largest absolute Gasteiger partial charge is 0.492 e. The van der Waals surface area contributed by atoms with Crippen molar-refractivity contribution in [2.24, 2.45) is 0 Å². The molecule has 33 heavy (non-hydrogen) atoms. The number of thiazole rings is 1. The summed E-state index contributed by atoms with van der Waals surface area (Å²) in [5.74, 6) is 0.251. The molecule has 0 bridgehead atoms. The van der Waals surface area contributed by atoms with Gasteiger partial charge in [0.05, 0.1) is 13.2 Å². The summed E-state index contributed by atoms with van der Waals surface area (Å²) in [4.78, 5) is 27.4.